The lowest BCUT2D eigenvalue weighted by atomic mass is 10.1. The second kappa shape index (κ2) is 9.05. The molecule has 0 saturated heterocycles. The van der Waals surface area contributed by atoms with Gasteiger partial charge in [-0.05, 0) is 36.8 Å². The normalized spacial score (nSPS) is 12.4. The Morgan fingerprint density at radius 3 is 2.46 bits per heavy atom. The maximum Gasteiger partial charge on any atom is 0.255 e. The minimum absolute atomic E-state index is 0.0496. The smallest absolute Gasteiger partial charge is 0.255 e. The fourth-order valence-electron chi connectivity index (χ4n) is 2.36. The van der Waals surface area contributed by atoms with Crippen molar-refractivity contribution in [3.05, 3.63) is 64.7 Å². The van der Waals surface area contributed by atoms with Crippen molar-refractivity contribution in [3.63, 3.8) is 0 Å². The van der Waals surface area contributed by atoms with Gasteiger partial charge in [-0.25, -0.2) is 8.42 Å². The molecule has 26 heavy (non-hydrogen) atoms. The number of para-hydroxylation sites is 1. The standard InChI is InChI=1S/C19H22ClNO4S/c1-3-26(23,24)13-14(2)21-19(22)17-6-4-5-7-18(17)25-12-15-8-10-16(20)11-9-15/h4-11,14H,3,12-13H2,1-2H3,(H,21,22). The number of hydrogen-bond acceptors (Lipinski definition) is 4. The summed E-state index contributed by atoms with van der Waals surface area (Å²) in [5, 5.41) is 3.36. The van der Waals surface area contributed by atoms with Crippen LogP contribution in [-0.2, 0) is 16.4 Å². The number of carbonyl (C=O) groups excluding carboxylic acids is 1. The molecule has 1 atom stereocenters. The molecule has 1 unspecified atom stereocenters. The molecule has 1 N–H and O–H groups in total. The zero-order chi connectivity index (χ0) is 19.2. The molecular formula is C19H22ClNO4S. The second-order valence-corrected chi connectivity index (χ2v) is 8.82. The van der Waals surface area contributed by atoms with E-state index in [4.69, 9.17) is 16.3 Å². The lowest BCUT2D eigenvalue weighted by molar-refractivity contribution is 0.0939. The highest BCUT2D eigenvalue weighted by atomic mass is 35.5. The third-order valence-electron chi connectivity index (χ3n) is 3.76. The fraction of sp³-hybridized carbons (Fsp3) is 0.316. The number of sulfone groups is 1. The van der Waals surface area contributed by atoms with E-state index in [0.29, 0.717) is 22.9 Å². The molecule has 140 valence electrons. The highest BCUT2D eigenvalue weighted by molar-refractivity contribution is 7.91. The molecule has 0 radical (unpaired) electrons. The van der Waals surface area contributed by atoms with Crippen LogP contribution in [0.4, 0.5) is 0 Å². The lowest BCUT2D eigenvalue weighted by Crippen LogP contribution is -2.38. The Morgan fingerprint density at radius 1 is 1.15 bits per heavy atom. The molecule has 0 fully saturated rings. The maximum atomic E-state index is 12.5. The molecule has 0 aliphatic carbocycles. The number of halogens is 1. The van der Waals surface area contributed by atoms with Crippen LogP contribution in [0.5, 0.6) is 5.75 Å². The summed E-state index contributed by atoms with van der Waals surface area (Å²) in [5.41, 5.74) is 1.29. The van der Waals surface area contributed by atoms with Crippen LogP contribution >= 0.6 is 11.6 Å². The van der Waals surface area contributed by atoms with Gasteiger partial charge in [0.1, 0.15) is 12.4 Å². The quantitative estimate of drug-likeness (QED) is 0.742. The van der Waals surface area contributed by atoms with Gasteiger partial charge in [0.2, 0.25) is 0 Å². The predicted molar refractivity (Wildman–Crippen MR) is 103 cm³/mol. The zero-order valence-electron chi connectivity index (χ0n) is 14.7. The summed E-state index contributed by atoms with van der Waals surface area (Å²) in [5.74, 6) is 0.0258. The van der Waals surface area contributed by atoms with Gasteiger partial charge in [-0.15, -0.1) is 0 Å². The molecule has 7 heteroatoms. The first-order valence-corrected chi connectivity index (χ1v) is 10.5. The molecule has 2 aromatic rings. The molecule has 0 heterocycles. The minimum atomic E-state index is -3.16. The number of ether oxygens (including phenoxy) is 1. The molecule has 0 spiro atoms. The van der Waals surface area contributed by atoms with Crippen LogP contribution in [0.3, 0.4) is 0 Å². The molecule has 0 saturated carbocycles. The van der Waals surface area contributed by atoms with Crippen molar-refractivity contribution in [3.8, 4) is 5.75 Å². The average molecular weight is 396 g/mol. The molecule has 0 aromatic heterocycles. The Bertz CT molecular complexity index is 850. The summed E-state index contributed by atoms with van der Waals surface area (Å²) in [6.45, 7) is 3.55. The Hall–Kier alpha value is -2.05. The van der Waals surface area contributed by atoms with Crippen molar-refractivity contribution in [2.45, 2.75) is 26.5 Å². The number of hydrogen-bond donors (Lipinski definition) is 1. The Balaban J connectivity index is 2.05. The first kappa shape index (κ1) is 20.3. The summed E-state index contributed by atoms with van der Waals surface area (Å²) in [6, 6.07) is 13.6. The highest BCUT2D eigenvalue weighted by Gasteiger charge is 2.18. The van der Waals surface area contributed by atoms with Gasteiger partial charge in [0, 0.05) is 16.8 Å². The largest absolute Gasteiger partial charge is 0.488 e. The Labute approximate surface area is 159 Å². The lowest BCUT2D eigenvalue weighted by Gasteiger charge is -2.16. The van der Waals surface area contributed by atoms with E-state index in [-0.39, 0.29) is 17.4 Å². The van der Waals surface area contributed by atoms with Crippen LogP contribution in [0.1, 0.15) is 29.8 Å². The second-order valence-electron chi connectivity index (χ2n) is 5.98. The van der Waals surface area contributed by atoms with Gasteiger partial charge in [0.05, 0.1) is 11.3 Å². The molecule has 2 rings (SSSR count). The van der Waals surface area contributed by atoms with E-state index >= 15 is 0 Å². The van der Waals surface area contributed by atoms with E-state index in [1.54, 1.807) is 50.2 Å². The summed E-state index contributed by atoms with van der Waals surface area (Å²) in [7, 11) is -3.16. The third kappa shape index (κ3) is 6.04. The third-order valence-corrected chi connectivity index (χ3v) is 5.90. The highest BCUT2D eigenvalue weighted by Crippen LogP contribution is 2.20. The average Bonchev–Trinajstić information content (AvgIpc) is 2.61. The van der Waals surface area contributed by atoms with E-state index in [2.05, 4.69) is 5.32 Å². The van der Waals surface area contributed by atoms with E-state index in [1.165, 1.54) is 0 Å². The van der Waals surface area contributed by atoms with Crippen LogP contribution in [-0.4, -0.2) is 31.9 Å². The van der Waals surface area contributed by atoms with E-state index in [1.807, 2.05) is 12.1 Å². The molecule has 1 amide bonds. The number of carbonyl (C=O) groups is 1. The zero-order valence-corrected chi connectivity index (χ0v) is 16.3. The van der Waals surface area contributed by atoms with E-state index in [9.17, 15) is 13.2 Å². The van der Waals surface area contributed by atoms with Gasteiger partial charge < -0.3 is 10.1 Å². The maximum absolute atomic E-state index is 12.5. The summed E-state index contributed by atoms with van der Waals surface area (Å²) >= 11 is 5.86. The molecule has 0 aliphatic rings. The molecule has 0 bridgehead atoms. The summed E-state index contributed by atoms with van der Waals surface area (Å²) < 4.78 is 29.2. The number of nitrogens with one attached hydrogen (secondary N) is 1. The Kier molecular flexibility index (Phi) is 7.06. The summed E-state index contributed by atoms with van der Waals surface area (Å²) in [4.78, 5) is 12.5. The van der Waals surface area contributed by atoms with E-state index in [0.717, 1.165) is 5.56 Å². The molecule has 0 aliphatic heterocycles. The predicted octanol–water partition coefficient (Wildman–Crippen LogP) is 3.47. The van der Waals surface area contributed by atoms with Crippen molar-refractivity contribution in [2.24, 2.45) is 0 Å². The topological polar surface area (TPSA) is 72.5 Å². The fourth-order valence-corrected chi connectivity index (χ4v) is 3.57. The van der Waals surface area contributed by atoms with Gasteiger partial charge in [0.25, 0.3) is 5.91 Å². The van der Waals surface area contributed by atoms with Gasteiger partial charge >= 0.3 is 0 Å². The SMILES string of the molecule is CCS(=O)(=O)CC(C)NC(=O)c1ccccc1OCc1ccc(Cl)cc1. The minimum Gasteiger partial charge on any atom is -0.488 e. The molecule has 2 aromatic carbocycles. The number of benzene rings is 2. The van der Waals surface area contributed by atoms with Gasteiger partial charge in [-0.1, -0.05) is 42.8 Å². The van der Waals surface area contributed by atoms with Crippen molar-refractivity contribution in [2.75, 3.05) is 11.5 Å². The van der Waals surface area contributed by atoms with Crippen LogP contribution < -0.4 is 10.1 Å². The molecule has 5 nitrogen and oxygen atoms in total. The monoisotopic (exact) mass is 395 g/mol. The van der Waals surface area contributed by atoms with Crippen molar-refractivity contribution in [1.82, 2.24) is 5.32 Å². The van der Waals surface area contributed by atoms with Crippen molar-refractivity contribution in [1.29, 1.82) is 0 Å². The number of rotatable bonds is 8. The van der Waals surface area contributed by atoms with Gasteiger partial charge in [0.15, 0.2) is 9.84 Å². The van der Waals surface area contributed by atoms with Gasteiger partial charge in [-0.3, -0.25) is 4.79 Å². The van der Waals surface area contributed by atoms with Crippen LogP contribution in [0.2, 0.25) is 5.02 Å². The van der Waals surface area contributed by atoms with Crippen LogP contribution in [0.25, 0.3) is 0 Å². The summed E-state index contributed by atoms with van der Waals surface area (Å²) in [6.07, 6.45) is 0. The Morgan fingerprint density at radius 2 is 1.81 bits per heavy atom. The first-order chi connectivity index (χ1) is 12.3. The first-order valence-electron chi connectivity index (χ1n) is 8.28. The van der Waals surface area contributed by atoms with E-state index < -0.39 is 15.9 Å². The van der Waals surface area contributed by atoms with Crippen molar-refractivity contribution < 1.29 is 17.9 Å². The van der Waals surface area contributed by atoms with Gasteiger partial charge in [-0.2, -0.15) is 0 Å². The van der Waals surface area contributed by atoms with Crippen LogP contribution in [0.15, 0.2) is 48.5 Å². The molecular weight excluding hydrogens is 374 g/mol. The van der Waals surface area contributed by atoms with Crippen molar-refractivity contribution >= 4 is 27.3 Å². The van der Waals surface area contributed by atoms with Crippen LogP contribution in [0, 0.1) is 0 Å². The number of amides is 1.